The first kappa shape index (κ1) is 16.8. The van der Waals surface area contributed by atoms with Crippen LogP contribution >= 0.6 is 0 Å². The number of fused-ring (bicyclic) bond motifs is 5. The Hall–Kier alpha value is -3.40. The van der Waals surface area contributed by atoms with Gasteiger partial charge in [0.25, 0.3) is 0 Å². The van der Waals surface area contributed by atoms with E-state index in [2.05, 4.69) is 20.8 Å². The van der Waals surface area contributed by atoms with Crippen molar-refractivity contribution in [2.45, 2.75) is 26.2 Å². The van der Waals surface area contributed by atoms with Gasteiger partial charge in [-0.3, -0.25) is 4.40 Å². The number of aromatic hydroxyl groups is 1. The molecule has 3 heterocycles. The minimum absolute atomic E-state index is 0.111. The molecule has 5 rings (SSSR count). The predicted octanol–water partition coefficient (Wildman–Crippen LogP) is 5.71. The fraction of sp³-hybridized carbons (Fsp3) is 0.167. The SMILES string of the molecule is CC(C)(C)c1ccc2c(n1)c(O)c(-c1ccccc1)n1c3ccccc3nc21. The number of rotatable bonds is 1. The van der Waals surface area contributed by atoms with E-state index in [0.717, 1.165) is 39.0 Å². The minimum atomic E-state index is -0.111. The standard InChI is InChI=1S/C24H21N3O/c1-24(2,3)19-14-13-16-20(26-19)22(28)21(15-9-5-4-6-10-15)27-18-12-8-7-11-17(18)25-23(16)27/h4-14,28H,1-3H3. The maximum atomic E-state index is 11.4. The van der Waals surface area contributed by atoms with Crippen LogP contribution in [0.5, 0.6) is 5.75 Å². The van der Waals surface area contributed by atoms with Crippen LogP contribution < -0.4 is 0 Å². The van der Waals surface area contributed by atoms with Crippen molar-refractivity contribution in [2.24, 2.45) is 0 Å². The second kappa shape index (κ2) is 5.80. The zero-order valence-electron chi connectivity index (χ0n) is 16.1. The molecule has 0 amide bonds. The van der Waals surface area contributed by atoms with Crippen LogP contribution in [0.4, 0.5) is 0 Å². The van der Waals surface area contributed by atoms with Crippen molar-refractivity contribution in [1.29, 1.82) is 0 Å². The molecule has 5 aromatic rings. The molecule has 0 radical (unpaired) electrons. The van der Waals surface area contributed by atoms with Gasteiger partial charge < -0.3 is 5.11 Å². The maximum absolute atomic E-state index is 11.4. The quantitative estimate of drug-likeness (QED) is 0.413. The fourth-order valence-electron chi connectivity index (χ4n) is 3.75. The minimum Gasteiger partial charge on any atom is -0.504 e. The normalized spacial score (nSPS) is 12.2. The molecular weight excluding hydrogens is 346 g/mol. The summed E-state index contributed by atoms with van der Waals surface area (Å²) < 4.78 is 2.04. The smallest absolute Gasteiger partial charge is 0.167 e. The molecule has 4 heteroatoms. The lowest BCUT2D eigenvalue weighted by atomic mass is 9.91. The van der Waals surface area contributed by atoms with Crippen molar-refractivity contribution in [3.05, 3.63) is 72.4 Å². The lowest BCUT2D eigenvalue weighted by Crippen LogP contribution is -2.13. The van der Waals surface area contributed by atoms with Gasteiger partial charge in [0.15, 0.2) is 5.75 Å². The molecule has 0 aliphatic carbocycles. The van der Waals surface area contributed by atoms with Crippen LogP contribution in [0.25, 0.3) is 38.8 Å². The first-order valence-electron chi connectivity index (χ1n) is 9.44. The van der Waals surface area contributed by atoms with E-state index in [-0.39, 0.29) is 11.2 Å². The summed E-state index contributed by atoms with van der Waals surface area (Å²) in [6.07, 6.45) is 0. The van der Waals surface area contributed by atoms with Crippen molar-refractivity contribution in [1.82, 2.24) is 14.4 Å². The molecule has 0 unspecified atom stereocenters. The predicted molar refractivity (Wildman–Crippen MR) is 114 cm³/mol. The summed E-state index contributed by atoms with van der Waals surface area (Å²) in [5, 5.41) is 12.2. The Morgan fingerprint density at radius 3 is 2.29 bits per heavy atom. The highest BCUT2D eigenvalue weighted by Crippen LogP contribution is 2.40. The number of hydrogen-bond donors (Lipinski definition) is 1. The van der Waals surface area contributed by atoms with Crippen molar-refractivity contribution < 1.29 is 5.11 Å². The molecule has 3 aromatic heterocycles. The van der Waals surface area contributed by atoms with Crippen LogP contribution in [0.1, 0.15) is 26.5 Å². The molecule has 1 N–H and O–H groups in total. The fourth-order valence-corrected chi connectivity index (χ4v) is 3.75. The Balaban J connectivity index is 2.02. The summed E-state index contributed by atoms with van der Waals surface area (Å²) in [5.74, 6) is 0.183. The van der Waals surface area contributed by atoms with Crippen LogP contribution in [0.3, 0.4) is 0 Å². The first-order chi connectivity index (χ1) is 13.4. The molecule has 0 saturated carbocycles. The lowest BCUT2D eigenvalue weighted by Gasteiger charge is -2.19. The maximum Gasteiger partial charge on any atom is 0.167 e. The number of imidazole rings is 1. The first-order valence-corrected chi connectivity index (χ1v) is 9.44. The Kier molecular flexibility index (Phi) is 3.47. The molecule has 4 nitrogen and oxygen atoms in total. The summed E-state index contributed by atoms with van der Waals surface area (Å²) in [5.41, 5.74) is 5.73. The van der Waals surface area contributed by atoms with E-state index in [1.54, 1.807) is 0 Å². The van der Waals surface area contributed by atoms with E-state index in [0.29, 0.717) is 5.52 Å². The molecule has 0 atom stereocenters. The third-order valence-corrected chi connectivity index (χ3v) is 5.18. The third-order valence-electron chi connectivity index (χ3n) is 5.18. The van der Waals surface area contributed by atoms with Gasteiger partial charge in [0.1, 0.15) is 11.2 Å². The van der Waals surface area contributed by atoms with Crippen LogP contribution in [0.2, 0.25) is 0 Å². The number of benzene rings is 2. The van der Waals surface area contributed by atoms with Gasteiger partial charge in [0.2, 0.25) is 0 Å². The van der Waals surface area contributed by atoms with Gasteiger partial charge >= 0.3 is 0 Å². The molecule has 138 valence electrons. The molecule has 0 fully saturated rings. The number of nitrogens with zero attached hydrogens (tertiary/aromatic N) is 3. The van der Waals surface area contributed by atoms with Gasteiger partial charge in [-0.05, 0) is 24.3 Å². The summed E-state index contributed by atoms with van der Waals surface area (Å²) in [6, 6.07) is 22.0. The third kappa shape index (κ3) is 2.38. The zero-order valence-corrected chi connectivity index (χ0v) is 16.1. The van der Waals surface area contributed by atoms with Crippen molar-refractivity contribution in [2.75, 3.05) is 0 Å². The molecule has 0 bridgehead atoms. The Bertz CT molecular complexity index is 1350. The summed E-state index contributed by atoms with van der Waals surface area (Å²) in [7, 11) is 0. The molecule has 0 aliphatic rings. The van der Waals surface area contributed by atoms with E-state index in [1.807, 2.05) is 71.1 Å². The molecule has 0 aliphatic heterocycles. The van der Waals surface area contributed by atoms with Crippen LogP contribution in [-0.4, -0.2) is 19.5 Å². The van der Waals surface area contributed by atoms with Gasteiger partial charge in [-0.15, -0.1) is 0 Å². The average molecular weight is 367 g/mol. The highest BCUT2D eigenvalue weighted by atomic mass is 16.3. The van der Waals surface area contributed by atoms with E-state index in [9.17, 15) is 5.11 Å². The summed E-state index contributed by atoms with van der Waals surface area (Å²) in [6.45, 7) is 6.37. The average Bonchev–Trinajstić information content (AvgIpc) is 3.07. The number of pyridine rings is 2. The highest BCUT2D eigenvalue weighted by Gasteiger charge is 2.22. The Labute approximate surface area is 163 Å². The Morgan fingerprint density at radius 1 is 0.821 bits per heavy atom. The second-order valence-corrected chi connectivity index (χ2v) is 8.17. The molecule has 0 saturated heterocycles. The van der Waals surface area contributed by atoms with Gasteiger partial charge in [-0.1, -0.05) is 63.2 Å². The van der Waals surface area contributed by atoms with Crippen LogP contribution in [0, 0.1) is 0 Å². The molecule has 0 spiro atoms. The van der Waals surface area contributed by atoms with Crippen LogP contribution in [0.15, 0.2) is 66.7 Å². The van der Waals surface area contributed by atoms with Crippen LogP contribution in [-0.2, 0) is 5.41 Å². The van der Waals surface area contributed by atoms with E-state index in [4.69, 9.17) is 9.97 Å². The van der Waals surface area contributed by atoms with Crippen molar-refractivity contribution in [3.63, 3.8) is 0 Å². The van der Waals surface area contributed by atoms with Gasteiger partial charge in [-0.25, -0.2) is 9.97 Å². The van der Waals surface area contributed by atoms with Gasteiger partial charge in [-0.2, -0.15) is 0 Å². The zero-order chi connectivity index (χ0) is 19.5. The number of hydrogen-bond acceptors (Lipinski definition) is 3. The lowest BCUT2D eigenvalue weighted by molar-refractivity contribution is 0.479. The van der Waals surface area contributed by atoms with Crippen molar-refractivity contribution in [3.8, 4) is 17.0 Å². The van der Waals surface area contributed by atoms with E-state index in [1.165, 1.54) is 0 Å². The topological polar surface area (TPSA) is 50.4 Å². The largest absolute Gasteiger partial charge is 0.504 e. The highest BCUT2D eigenvalue weighted by molar-refractivity contribution is 6.03. The summed E-state index contributed by atoms with van der Waals surface area (Å²) >= 11 is 0. The number of aromatic nitrogens is 3. The van der Waals surface area contributed by atoms with E-state index < -0.39 is 0 Å². The summed E-state index contributed by atoms with van der Waals surface area (Å²) in [4.78, 5) is 9.72. The van der Waals surface area contributed by atoms with E-state index >= 15 is 0 Å². The van der Waals surface area contributed by atoms with Gasteiger partial charge in [0, 0.05) is 22.1 Å². The number of para-hydroxylation sites is 2. The monoisotopic (exact) mass is 367 g/mol. The molecular formula is C24H21N3O. The second-order valence-electron chi connectivity index (χ2n) is 8.17. The molecule has 28 heavy (non-hydrogen) atoms. The molecule has 2 aromatic carbocycles. The van der Waals surface area contributed by atoms with Gasteiger partial charge in [0.05, 0.1) is 16.7 Å². The Morgan fingerprint density at radius 2 is 1.54 bits per heavy atom. The van der Waals surface area contributed by atoms with Crippen molar-refractivity contribution >= 4 is 27.6 Å².